The van der Waals surface area contributed by atoms with Gasteiger partial charge in [0.25, 0.3) is 0 Å². The number of hydrogen-bond donors (Lipinski definition) is 2. The molecule has 0 unspecified atom stereocenters. The van der Waals surface area contributed by atoms with Crippen molar-refractivity contribution in [2.45, 2.75) is 25.9 Å². The number of hydrogen-bond acceptors (Lipinski definition) is 15. The molecule has 6 aromatic heterocycles. The molecule has 0 aromatic carbocycles. The van der Waals surface area contributed by atoms with E-state index >= 15 is 0 Å². The van der Waals surface area contributed by atoms with Crippen molar-refractivity contribution in [1.29, 1.82) is 5.26 Å². The van der Waals surface area contributed by atoms with Crippen LogP contribution in [0.3, 0.4) is 0 Å². The zero-order valence-electron chi connectivity index (χ0n) is 32.3. The number of anilines is 2. The molecule has 298 valence electrons. The second-order valence-electron chi connectivity index (χ2n) is 14.2. The van der Waals surface area contributed by atoms with Crippen LogP contribution in [0, 0.1) is 11.3 Å². The lowest BCUT2D eigenvalue weighted by molar-refractivity contribution is 0.0985. The lowest BCUT2D eigenvalue weighted by atomic mass is 10.1. The smallest absolute Gasteiger partial charge is 0.167 e. The van der Waals surface area contributed by atoms with Gasteiger partial charge >= 0.3 is 0 Å². The summed E-state index contributed by atoms with van der Waals surface area (Å²) in [7, 11) is -4.79. The SMILES string of the molecule is C[C@@H]1COCCN1c1cc(N=S(C)(C)=O)nc(-c2cc(C#N)nc3[nH]ccc23)n1.C[C@@H]1COCCN1c1cc(N=S(C)(C)=O)nc(-c2cc(Cl)nc3[nH]ccc23)n1. The van der Waals surface area contributed by atoms with Crippen molar-refractivity contribution in [3.8, 4) is 28.8 Å². The van der Waals surface area contributed by atoms with E-state index < -0.39 is 19.5 Å². The lowest BCUT2D eigenvalue weighted by Gasteiger charge is -2.34. The fourth-order valence-electron chi connectivity index (χ4n) is 6.53. The van der Waals surface area contributed by atoms with Crippen LogP contribution < -0.4 is 9.80 Å². The molecule has 0 aliphatic carbocycles. The van der Waals surface area contributed by atoms with Crippen molar-refractivity contribution in [3.63, 3.8) is 0 Å². The van der Waals surface area contributed by atoms with Crippen LogP contribution in [-0.2, 0) is 28.9 Å². The number of H-pyrrole nitrogens is 2. The number of aromatic amines is 2. The Morgan fingerprint density at radius 3 is 1.67 bits per heavy atom. The summed E-state index contributed by atoms with van der Waals surface area (Å²) in [6, 6.07) is 13.1. The van der Waals surface area contributed by atoms with Gasteiger partial charge in [-0.15, -0.1) is 0 Å². The van der Waals surface area contributed by atoms with E-state index in [0.717, 1.165) is 22.2 Å². The van der Waals surface area contributed by atoms with E-state index in [1.165, 1.54) is 0 Å². The highest BCUT2D eigenvalue weighted by Crippen LogP contribution is 2.33. The summed E-state index contributed by atoms with van der Waals surface area (Å²) in [5.74, 6) is 3.01. The Bertz CT molecular complexity index is 2750. The molecular weight excluding hydrogens is 790 g/mol. The zero-order valence-corrected chi connectivity index (χ0v) is 34.7. The first kappa shape index (κ1) is 40.0. The molecule has 2 atom stereocenters. The van der Waals surface area contributed by atoms with Crippen molar-refractivity contribution in [3.05, 3.63) is 59.6 Å². The molecule has 0 saturated carbocycles. The topological polar surface area (TPSA) is 217 Å². The number of nitriles is 1. The monoisotopic (exact) mass is 831 g/mol. The van der Waals surface area contributed by atoms with Crippen molar-refractivity contribution >= 4 is 76.4 Å². The number of halogens is 1. The summed E-state index contributed by atoms with van der Waals surface area (Å²) >= 11 is 6.21. The predicted octanol–water partition coefficient (Wildman–Crippen LogP) is 5.73. The van der Waals surface area contributed by atoms with Gasteiger partial charge in [-0.1, -0.05) is 11.6 Å². The van der Waals surface area contributed by atoms with Gasteiger partial charge in [0, 0.05) is 104 Å². The average molecular weight is 832 g/mol. The average Bonchev–Trinajstić information content (AvgIpc) is 3.83. The maximum Gasteiger partial charge on any atom is 0.167 e. The van der Waals surface area contributed by atoms with Crippen molar-refractivity contribution < 1.29 is 17.9 Å². The van der Waals surface area contributed by atoms with Gasteiger partial charge in [-0.2, -0.15) is 14.0 Å². The quantitative estimate of drug-likeness (QED) is 0.192. The molecule has 2 N–H and O–H groups in total. The standard InChI is InChI=1S/C19H21N7O2S.C18H21ClN6O2S/c1-12-11-28-7-6-26(12)17-9-16(25-29(2,3)27)23-19(24-17)15-8-13(10-20)22-18-14(15)4-5-21-18;1-11-10-27-7-6-25(11)16-9-15(24-28(2,3)26)22-18(23-16)13-8-14(19)21-17-12(13)4-5-20-17/h4-5,8-9,12H,6-7,11H2,1-3H3,(H,21,22);4-5,8-9,11H,6-7,10H2,1-3H3,(H,20,21)/t12-;11-/m11/s1. The first-order chi connectivity index (χ1) is 27.1. The second kappa shape index (κ2) is 16.3. The lowest BCUT2D eigenvalue weighted by Crippen LogP contribution is -2.44. The van der Waals surface area contributed by atoms with E-state index in [0.29, 0.717) is 90.6 Å². The number of pyridine rings is 2. The number of fused-ring (bicyclic) bond motifs is 2. The van der Waals surface area contributed by atoms with Crippen LogP contribution in [0.5, 0.6) is 0 Å². The number of ether oxygens (including phenoxy) is 2. The molecule has 0 radical (unpaired) electrons. The Morgan fingerprint density at radius 1 is 0.737 bits per heavy atom. The third-order valence-corrected chi connectivity index (χ3v) is 10.4. The van der Waals surface area contributed by atoms with Gasteiger partial charge < -0.3 is 29.2 Å². The Balaban J connectivity index is 0.000000174. The van der Waals surface area contributed by atoms with Gasteiger partial charge in [0.05, 0.1) is 38.5 Å². The van der Waals surface area contributed by atoms with E-state index in [2.05, 4.69) is 68.3 Å². The summed E-state index contributed by atoms with van der Waals surface area (Å²) in [5, 5.41) is 11.4. The van der Waals surface area contributed by atoms with Crippen LogP contribution in [-0.4, -0.2) is 125 Å². The van der Waals surface area contributed by atoms with E-state index in [-0.39, 0.29) is 17.8 Å². The largest absolute Gasteiger partial charge is 0.377 e. The Morgan fingerprint density at radius 2 is 1.21 bits per heavy atom. The van der Waals surface area contributed by atoms with Crippen molar-refractivity contribution in [2.75, 3.05) is 74.3 Å². The minimum atomic E-state index is -2.41. The van der Waals surface area contributed by atoms with Gasteiger partial charge in [-0.05, 0) is 38.1 Å². The number of nitrogens with zero attached hydrogens (tertiary/aromatic N) is 11. The highest BCUT2D eigenvalue weighted by molar-refractivity contribution is 7.92. The van der Waals surface area contributed by atoms with Crippen LogP contribution in [0.4, 0.5) is 23.3 Å². The molecule has 2 fully saturated rings. The second-order valence-corrected chi connectivity index (χ2v) is 19.7. The van der Waals surface area contributed by atoms with Gasteiger partial charge in [0.1, 0.15) is 39.8 Å². The van der Waals surface area contributed by atoms with Crippen molar-refractivity contribution in [1.82, 2.24) is 39.9 Å². The van der Waals surface area contributed by atoms with E-state index in [1.807, 2.05) is 12.1 Å². The minimum Gasteiger partial charge on any atom is -0.377 e. The number of nitrogens with one attached hydrogen (secondary N) is 2. The minimum absolute atomic E-state index is 0.131. The molecule has 8 heterocycles. The molecule has 2 saturated heterocycles. The predicted molar refractivity (Wildman–Crippen MR) is 223 cm³/mol. The van der Waals surface area contributed by atoms with Crippen LogP contribution in [0.15, 0.2) is 57.5 Å². The molecule has 0 bridgehead atoms. The Kier molecular flexibility index (Phi) is 11.4. The third-order valence-electron chi connectivity index (χ3n) is 8.97. The molecule has 0 spiro atoms. The van der Waals surface area contributed by atoms with E-state index in [1.54, 1.807) is 61.7 Å². The summed E-state index contributed by atoms with van der Waals surface area (Å²) in [5.41, 5.74) is 2.92. The van der Waals surface area contributed by atoms with Crippen LogP contribution in [0.1, 0.15) is 19.5 Å². The molecule has 0 amide bonds. The third kappa shape index (κ3) is 9.48. The maximum absolute atomic E-state index is 12.3. The van der Waals surface area contributed by atoms with Gasteiger partial charge in [-0.3, -0.25) is 0 Å². The number of aromatic nitrogens is 8. The molecular formula is C37H42ClN13O4S2. The van der Waals surface area contributed by atoms with Crippen LogP contribution in [0.2, 0.25) is 5.15 Å². The number of morpholine rings is 2. The number of rotatable bonds is 6. The fraction of sp³-hybridized carbons (Fsp3) is 0.378. The molecule has 17 nitrogen and oxygen atoms in total. The first-order valence-corrected chi connectivity index (χ1v) is 23.0. The summed E-state index contributed by atoms with van der Waals surface area (Å²) in [6.45, 7) is 7.97. The Labute approximate surface area is 335 Å². The maximum atomic E-state index is 12.3. The molecule has 2 aliphatic rings. The van der Waals surface area contributed by atoms with Gasteiger partial charge in [0.15, 0.2) is 23.3 Å². The van der Waals surface area contributed by atoms with E-state index in [4.69, 9.17) is 31.0 Å². The normalized spacial score (nSPS) is 17.6. The van der Waals surface area contributed by atoms with Crippen LogP contribution >= 0.6 is 11.6 Å². The van der Waals surface area contributed by atoms with Gasteiger partial charge in [-0.25, -0.2) is 38.3 Å². The molecule has 6 aromatic rings. The highest BCUT2D eigenvalue weighted by Gasteiger charge is 2.24. The van der Waals surface area contributed by atoms with Crippen LogP contribution in [0.25, 0.3) is 44.8 Å². The summed E-state index contributed by atoms with van der Waals surface area (Å²) in [6.07, 6.45) is 9.85. The highest BCUT2D eigenvalue weighted by atomic mass is 35.5. The zero-order chi connectivity index (χ0) is 40.5. The first-order valence-electron chi connectivity index (χ1n) is 18.0. The summed E-state index contributed by atoms with van der Waals surface area (Å²) < 4.78 is 44.3. The molecule has 2 aliphatic heterocycles. The Hall–Kier alpha value is -5.26. The molecule has 8 rings (SSSR count). The molecule has 57 heavy (non-hydrogen) atoms. The fourth-order valence-corrected chi connectivity index (χ4v) is 7.81. The molecule has 20 heteroatoms. The van der Waals surface area contributed by atoms with E-state index in [9.17, 15) is 13.7 Å². The van der Waals surface area contributed by atoms with Gasteiger partial charge in [0.2, 0.25) is 0 Å². The summed E-state index contributed by atoms with van der Waals surface area (Å²) in [4.78, 5) is 37.6. The van der Waals surface area contributed by atoms with Crippen molar-refractivity contribution in [2.24, 2.45) is 8.73 Å².